The van der Waals surface area contributed by atoms with Gasteiger partial charge in [0.05, 0.1) is 10.4 Å². The van der Waals surface area contributed by atoms with E-state index in [4.69, 9.17) is 0 Å². The Kier molecular flexibility index (Phi) is 5.01. The summed E-state index contributed by atoms with van der Waals surface area (Å²) in [5.74, 6) is -1.13. The van der Waals surface area contributed by atoms with Gasteiger partial charge < -0.3 is 5.11 Å². The number of rotatable bonds is 6. The lowest BCUT2D eigenvalue weighted by molar-refractivity contribution is -0.139. The fraction of sp³-hybridized carbons (Fsp3) is 0.375. The SMILES string of the molecule is Cc1ccc(S(=O)(=O)NC(CC(C)C)C(=O)O)c2cccnc12. The smallest absolute Gasteiger partial charge is 0.321 e. The molecule has 2 aromatic rings. The number of aryl methyl sites for hydroxylation is 1. The summed E-state index contributed by atoms with van der Waals surface area (Å²) >= 11 is 0. The summed E-state index contributed by atoms with van der Waals surface area (Å²) < 4.78 is 27.6. The van der Waals surface area contributed by atoms with Gasteiger partial charge >= 0.3 is 5.97 Å². The maximum atomic E-state index is 12.7. The summed E-state index contributed by atoms with van der Waals surface area (Å²) in [6.45, 7) is 5.53. The first kappa shape index (κ1) is 17.4. The van der Waals surface area contributed by atoms with E-state index in [1.165, 1.54) is 6.07 Å². The Bertz CT molecular complexity index is 831. The molecule has 1 heterocycles. The molecule has 2 rings (SSSR count). The molecule has 124 valence electrons. The standard InChI is InChI=1S/C16H20N2O4S/c1-10(2)9-13(16(19)20)18-23(21,22)14-7-6-11(3)15-12(14)5-4-8-17-15/h4-8,10,13,18H,9H2,1-3H3,(H,19,20). The van der Waals surface area contributed by atoms with Gasteiger partial charge in [-0.2, -0.15) is 4.72 Å². The van der Waals surface area contributed by atoms with Crippen molar-refractivity contribution in [3.63, 3.8) is 0 Å². The second-order valence-corrected chi connectivity index (χ2v) is 7.60. The fourth-order valence-electron chi connectivity index (χ4n) is 2.44. The minimum absolute atomic E-state index is 0.0428. The lowest BCUT2D eigenvalue weighted by atomic mass is 10.1. The molecule has 0 bridgehead atoms. The van der Waals surface area contributed by atoms with Crippen molar-refractivity contribution in [2.75, 3.05) is 0 Å². The number of pyridine rings is 1. The van der Waals surface area contributed by atoms with E-state index in [2.05, 4.69) is 9.71 Å². The lowest BCUT2D eigenvalue weighted by Crippen LogP contribution is -2.41. The molecule has 1 aromatic heterocycles. The van der Waals surface area contributed by atoms with E-state index in [1.807, 2.05) is 20.8 Å². The van der Waals surface area contributed by atoms with Crippen LogP contribution in [0.2, 0.25) is 0 Å². The van der Waals surface area contributed by atoms with E-state index >= 15 is 0 Å². The number of benzene rings is 1. The molecule has 7 heteroatoms. The van der Waals surface area contributed by atoms with Crippen molar-refractivity contribution in [3.8, 4) is 0 Å². The van der Waals surface area contributed by atoms with Gasteiger partial charge in [-0.3, -0.25) is 9.78 Å². The lowest BCUT2D eigenvalue weighted by Gasteiger charge is -2.17. The topological polar surface area (TPSA) is 96.4 Å². The predicted molar refractivity (Wildman–Crippen MR) is 87.7 cm³/mol. The quantitative estimate of drug-likeness (QED) is 0.844. The Hall–Kier alpha value is -1.99. The maximum absolute atomic E-state index is 12.7. The van der Waals surface area contributed by atoms with Crippen LogP contribution in [0.15, 0.2) is 35.4 Å². The van der Waals surface area contributed by atoms with Gasteiger partial charge in [0.2, 0.25) is 10.0 Å². The molecule has 1 atom stereocenters. The molecular weight excluding hydrogens is 316 g/mol. The number of fused-ring (bicyclic) bond motifs is 1. The van der Waals surface area contributed by atoms with E-state index < -0.39 is 22.0 Å². The van der Waals surface area contributed by atoms with E-state index in [0.717, 1.165) is 5.56 Å². The monoisotopic (exact) mass is 336 g/mol. The third-order valence-corrected chi connectivity index (χ3v) is 5.05. The molecule has 2 N–H and O–H groups in total. The highest BCUT2D eigenvalue weighted by Crippen LogP contribution is 2.24. The normalized spacial score (nSPS) is 13.4. The second kappa shape index (κ2) is 6.64. The van der Waals surface area contributed by atoms with Gasteiger partial charge in [0.15, 0.2) is 0 Å². The molecule has 0 saturated carbocycles. The Morgan fingerprint density at radius 2 is 2.00 bits per heavy atom. The van der Waals surface area contributed by atoms with Crippen LogP contribution in [0.1, 0.15) is 25.8 Å². The van der Waals surface area contributed by atoms with Gasteiger partial charge in [-0.15, -0.1) is 0 Å². The minimum atomic E-state index is -3.96. The van der Waals surface area contributed by atoms with Crippen molar-refractivity contribution in [2.45, 2.75) is 38.1 Å². The summed E-state index contributed by atoms with van der Waals surface area (Å²) in [6, 6.07) is 5.32. The minimum Gasteiger partial charge on any atom is -0.480 e. The number of nitrogens with zero attached hydrogens (tertiary/aromatic N) is 1. The van der Waals surface area contributed by atoms with Crippen molar-refractivity contribution >= 4 is 26.9 Å². The molecule has 0 fully saturated rings. The summed E-state index contributed by atoms with van der Waals surface area (Å²) in [7, 11) is -3.96. The third kappa shape index (κ3) is 3.86. The van der Waals surface area contributed by atoms with Crippen molar-refractivity contribution in [3.05, 3.63) is 36.0 Å². The van der Waals surface area contributed by atoms with E-state index in [9.17, 15) is 18.3 Å². The zero-order valence-corrected chi connectivity index (χ0v) is 14.1. The zero-order chi connectivity index (χ0) is 17.2. The highest BCUT2D eigenvalue weighted by Gasteiger charge is 2.27. The maximum Gasteiger partial charge on any atom is 0.321 e. The first-order valence-electron chi connectivity index (χ1n) is 7.32. The number of nitrogens with one attached hydrogen (secondary N) is 1. The van der Waals surface area contributed by atoms with Crippen LogP contribution in [0.3, 0.4) is 0 Å². The van der Waals surface area contributed by atoms with Gasteiger partial charge in [-0.1, -0.05) is 19.9 Å². The first-order chi connectivity index (χ1) is 10.7. The Morgan fingerprint density at radius 1 is 1.30 bits per heavy atom. The molecular formula is C16H20N2O4S. The van der Waals surface area contributed by atoms with Crippen molar-refractivity contribution in [2.24, 2.45) is 5.92 Å². The van der Waals surface area contributed by atoms with Crippen LogP contribution in [-0.2, 0) is 14.8 Å². The highest BCUT2D eigenvalue weighted by molar-refractivity contribution is 7.89. The molecule has 0 spiro atoms. The number of sulfonamides is 1. The van der Waals surface area contributed by atoms with Crippen LogP contribution in [0.5, 0.6) is 0 Å². The average molecular weight is 336 g/mol. The van der Waals surface area contributed by atoms with Crippen LogP contribution in [0, 0.1) is 12.8 Å². The molecule has 0 aliphatic heterocycles. The number of aromatic nitrogens is 1. The summed E-state index contributed by atoms with van der Waals surface area (Å²) in [6.07, 6.45) is 1.81. The third-order valence-electron chi connectivity index (χ3n) is 3.52. The molecule has 0 radical (unpaired) electrons. The second-order valence-electron chi connectivity index (χ2n) is 5.92. The largest absolute Gasteiger partial charge is 0.480 e. The molecule has 1 unspecified atom stereocenters. The number of carbonyl (C=O) groups is 1. The van der Waals surface area contributed by atoms with Gasteiger partial charge in [0.1, 0.15) is 6.04 Å². The van der Waals surface area contributed by atoms with Crippen LogP contribution in [0.25, 0.3) is 10.9 Å². The van der Waals surface area contributed by atoms with Gasteiger partial charge in [0, 0.05) is 11.6 Å². The molecule has 0 aliphatic carbocycles. The van der Waals surface area contributed by atoms with Crippen LogP contribution < -0.4 is 4.72 Å². The van der Waals surface area contributed by atoms with E-state index in [1.54, 1.807) is 24.4 Å². The highest BCUT2D eigenvalue weighted by atomic mass is 32.2. The fourth-order valence-corrected chi connectivity index (χ4v) is 3.84. The van der Waals surface area contributed by atoms with Gasteiger partial charge in [-0.05, 0) is 43.0 Å². The Balaban J connectivity index is 2.48. The summed E-state index contributed by atoms with van der Waals surface area (Å²) in [4.78, 5) is 15.6. The molecule has 0 aliphatic rings. The molecule has 0 amide bonds. The molecule has 6 nitrogen and oxygen atoms in total. The van der Waals surface area contributed by atoms with Crippen LogP contribution in [-0.4, -0.2) is 30.5 Å². The number of hydrogen-bond donors (Lipinski definition) is 2. The van der Waals surface area contributed by atoms with Crippen molar-refractivity contribution in [1.82, 2.24) is 9.71 Å². The number of aliphatic carboxylic acids is 1. The number of carboxylic acids is 1. The summed E-state index contributed by atoms with van der Waals surface area (Å²) in [5.41, 5.74) is 1.45. The van der Waals surface area contributed by atoms with Crippen molar-refractivity contribution in [1.29, 1.82) is 0 Å². The Morgan fingerprint density at radius 3 is 2.61 bits per heavy atom. The number of carboxylic acid groups (broad SMARTS) is 1. The van der Waals surface area contributed by atoms with Crippen LogP contribution >= 0.6 is 0 Å². The summed E-state index contributed by atoms with van der Waals surface area (Å²) in [5, 5.41) is 9.73. The van der Waals surface area contributed by atoms with Gasteiger partial charge in [-0.25, -0.2) is 8.42 Å². The van der Waals surface area contributed by atoms with Gasteiger partial charge in [0.25, 0.3) is 0 Å². The van der Waals surface area contributed by atoms with Crippen LogP contribution in [0.4, 0.5) is 0 Å². The number of hydrogen-bond acceptors (Lipinski definition) is 4. The zero-order valence-electron chi connectivity index (χ0n) is 13.3. The molecule has 0 saturated heterocycles. The van der Waals surface area contributed by atoms with E-state index in [0.29, 0.717) is 10.9 Å². The molecule has 23 heavy (non-hydrogen) atoms. The Labute approximate surface area is 135 Å². The van der Waals surface area contributed by atoms with E-state index in [-0.39, 0.29) is 17.2 Å². The first-order valence-corrected chi connectivity index (χ1v) is 8.80. The molecule has 1 aromatic carbocycles. The average Bonchev–Trinajstić information content (AvgIpc) is 2.46. The van der Waals surface area contributed by atoms with Crippen molar-refractivity contribution < 1.29 is 18.3 Å². The predicted octanol–water partition coefficient (Wildman–Crippen LogP) is 2.32.